The molecule has 0 heterocycles. The van der Waals surface area contributed by atoms with Crippen LogP contribution in [0.5, 0.6) is 0 Å². The Hall–Kier alpha value is -3.70. The Labute approximate surface area is 305 Å². The van der Waals surface area contributed by atoms with Crippen LogP contribution in [-0.4, -0.2) is 36.4 Å². The maximum absolute atomic E-state index is 12.2. The van der Waals surface area contributed by atoms with Gasteiger partial charge in [-0.05, 0) is 70.6 Å². The Morgan fingerprint density at radius 3 is 1.48 bits per heavy atom. The van der Waals surface area contributed by atoms with Crippen molar-refractivity contribution in [2.75, 3.05) is 13.2 Å². The highest BCUT2D eigenvalue weighted by atomic mass is 16.6. The number of carbonyl (C=O) groups is 2. The molecule has 1 unspecified atom stereocenters. The van der Waals surface area contributed by atoms with Gasteiger partial charge >= 0.3 is 11.9 Å². The summed E-state index contributed by atoms with van der Waals surface area (Å²) in [5.41, 5.74) is 0. The van der Waals surface area contributed by atoms with E-state index < -0.39 is 6.10 Å². The van der Waals surface area contributed by atoms with Crippen molar-refractivity contribution in [3.63, 3.8) is 0 Å². The zero-order chi connectivity index (χ0) is 36.4. The molecule has 0 saturated heterocycles. The van der Waals surface area contributed by atoms with Crippen molar-refractivity contribution in [2.45, 2.75) is 136 Å². The molecule has 50 heavy (non-hydrogen) atoms. The topological polar surface area (TPSA) is 72.8 Å². The predicted octanol–water partition coefficient (Wildman–Crippen LogP) is 12.1. The first-order valence-corrected chi connectivity index (χ1v) is 19.2. The van der Waals surface area contributed by atoms with E-state index in [0.29, 0.717) is 12.8 Å². The molecular formula is C45H68O5. The van der Waals surface area contributed by atoms with Gasteiger partial charge in [-0.1, -0.05) is 167 Å². The first kappa shape index (κ1) is 46.3. The van der Waals surface area contributed by atoms with Crippen LogP contribution < -0.4 is 0 Å². The highest BCUT2D eigenvalue weighted by Crippen LogP contribution is 2.11. The fourth-order valence-corrected chi connectivity index (χ4v) is 4.55. The maximum atomic E-state index is 12.2. The lowest BCUT2D eigenvalue weighted by Crippen LogP contribution is -2.28. The standard InChI is InChI=1S/C45H68O5/c1-3-5-7-9-11-13-15-17-18-19-20-21-22-23-24-25-26-28-30-32-34-36-38-40-45(48)50-43(41-46)42-49-44(47)39-37-35-33-31-29-27-16-14-12-10-8-6-4-2/h5-8,10-14,16-18,20-21,23-24,27,29,31,33,43,46H,3-4,9,15,19,22,25-26,28,30,32,34-42H2,1-2H3/b7-5+,8-6+,12-10+,13-11+,16-14+,18-17+,21-20+,24-23+,29-27+,33-31+. The molecule has 1 atom stereocenters. The van der Waals surface area contributed by atoms with Crippen LogP contribution in [0.1, 0.15) is 129 Å². The highest BCUT2D eigenvalue weighted by molar-refractivity contribution is 5.70. The van der Waals surface area contributed by atoms with E-state index in [2.05, 4.69) is 80.7 Å². The van der Waals surface area contributed by atoms with E-state index in [4.69, 9.17) is 9.47 Å². The number of aliphatic hydroxyl groups is 1. The van der Waals surface area contributed by atoms with Gasteiger partial charge in [-0.15, -0.1) is 0 Å². The van der Waals surface area contributed by atoms with Crippen molar-refractivity contribution >= 4 is 11.9 Å². The SMILES string of the molecule is CC/C=C/C=C/C=C/C=C/C=C/CCCC(=O)OCC(CO)OC(=O)CCCCCCCCC/C=C/C/C=C/C/C=C/C/C=C/C/C=C/CC. The second-order valence-electron chi connectivity index (χ2n) is 12.0. The third-order valence-electron chi connectivity index (χ3n) is 7.38. The number of hydrogen-bond acceptors (Lipinski definition) is 5. The van der Waals surface area contributed by atoms with Crippen LogP contribution in [0, 0.1) is 0 Å². The van der Waals surface area contributed by atoms with E-state index >= 15 is 0 Å². The highest BCUT2D eigenvalue weighted by Gasteiger charge is 2.15. The van der Waals surface area contributed by atoms with Crippen molar-refractivity contribution < 1.29 is 24.2 Å². The van der Waals surface area contributed by atoms with Crippen LogP contribution in [-0.2, 0) is 19.1 Å². The van der Waals surface area contributed by atoms with E-state index in [1.165, 1.54) is 25.7 Å². The minimum atomic E-state index is -0.815. The van der Waals surface area contributed by atoms with Crippen LogP contribution in [0.15, 0.2) is 122 Å². The van der Waals surface area contributed by atoms with Gasteiger partial charge in [-0.25, -0.2) is 0 Å². The van der Waals surface area contributed by atoms with Gasteiger partial charge in [0.25, 0.3) is 0 Å². The van der Waals surface area contributed by atoms with Gasteiger partial charge in [0.2, 0.25) is 0 Å². The Bertz CT molecular complexity index is 1100. The molecule has 0 aromatic rings. The molecule has 5 nitrogen and oxygen atoms in total. The van der Waals surface area contributed by atoms with E-state index in [1.807, 2.05) is 54.7 Å². The van der Waals surface area contributed by atoms with E-state index in [9.17, 15) is 14.7 Å². The van der Waals surface area contributed by atoms with Crippen LogP contribution in [0.3, 0.4) is 0 Å². The van der Waals surface area contributed by atoms with Crippen LogP contribution >= 0.6 is 0 Å². The molecule has 0 rings (SSSR count). The first-order chi connectivity index (χ1) is 24.6. The average Bonchev–Trinajstić information content (AvgIpc) is 3.12. The minimum Gasteiger partial charge on any atom is -0.462 e. The summed E-state index contributed by atoms with van der Waals surface area (Å²) in [5.74, 6) is -0.706. The second kappa shape index (κ2) is 39.7. The third-order valence-corrected chi connectivity index (χ3v) is 7.38. The molecular weight excluding hydrogens is 620 g/mol. The lowest BCUT2D eigenvalue weighted by molar-refractivity contribution is -0.161. The van der Waals surface area contributed by atoms with Crippen molar-refractivity contribution in [1.82, 2.24) is 0 Å². The van der Waals surface area contributed by atoms with Crippen molar-refractivity contribution in [3.8, 4) is 0 Å². The molecule has 0 aromatic heterocycles. The van der Waals surface area contributed by atoms with Gasteiger partial charge in [-0.2, -0.15) is 0 Å². The molecule has 0 bridgehead atoms. The molecule has 0 saturated carbocycles. The molecule has 0 amide bonds. The van der Waals surface area contributed by atoms with Gasteiger partial charge in [-0.3, -0.25) is 9.59 Å². The van der Waals surface area contributed by atoms with E-state index in [-0.39, 0.29) is 31.6 Å². The van der Waals surface area contributed by atoms with Gasteiger partial charge in [0, 0.05) is 12.8 Å². The predicted molar refractivity (Wildman–Crippen MR) is 214 cm³/mol. The maximum Gasteiger partial charge on any atom is 0.306 e. The Morgan fingerprint density at radius 1 is 0.480 bits per heavy atom. The van der Waals surface area contributed by atoms with Crippen LogP contribution in [0.25, 0.3) is 0 Å². The molecule has 0 spiro atoms. The summed E-state index contributed by atoms with van der Waals surface area (Å²) in [5, 5.41) is 9.54. The van der Waals surface area contributed by atoms with E-state index in [1.54, 1.807) is 0 Å². The summed E-state index contributed by atoms with van der Waals surface area (Å²) < 4.78 is 10.5. The Morgan fingerprint density at radius 2 is 0.920 bits per heavy atom. The number of esters is 2. The van der Waals surface area contributed by atoms with Gasteiger partial charge in [0.15, 0.2) is 6.10 Å². The largest absolute Gasteiger partial charge is 0.462 e. The molecule has 0 aliphatic carbocycles. The van der Waals surface area contributed by atoms with Gasteiger partial charge < -0.3 is 14.6 Å². The van der Waals surface area contributed by atoms with Crippen molar-refractivity contribution in [3.05, 3.63) is 122 Å². The Balaban J connectivity index is 3.72. The molecule has 278 valence electrons. The third kappa shape index (κ3) is 37.1. The molecule has 0 fully saturated rings. The summed E-state index contributed by atoms with van der Waals surface area (Å²) in [6, 6.07) is 0. The average molecular weight is 689 g/mol. The summed E-state index contributed by atoms with van der Waals surface area (Å²) in [4.78, 5) is 24.2. The molecule has 1 N–H and O–H groups in total. The zero-order valence-corrected chi connectivity index (χ0v) is 31.3. The number of allylic oxidation sites excluding steroid dienone is 20. The number of rotatable bonds is 32. The number of unbranched alkanes of at least 4 members (excludes halogenated alkanes) is 8. The quantitative estimate of drug-likeness (QED) is 0.0330. The van der Waals surface area contributed by atoms with Crippen LogP contribution in [0.4, 0.5) is 0 Å². The van der Waals surface area contributed by atoms with E-state index in [0.717, 1.165) is 70.6 Å². The molecule has 0 aliphatic heterocycles. The lowest BCUT2D eigenvalue weighted by atomic mass is 10.1. The number of carbonyl (C=O) groups excluding carboxylic acids is 2. The van der Waals surface area contributed by atoms with Gasteiger partial charge in [0.05, 0.1) is 6.61 Å². The smallest absolute Gasteiger partial charge is 0.306 e. The second-order valence-corrected chi connectivity index (χ2v) is 12.0. The molecule has 0 aromatic carbocycles. The monoisotopic (exact) mass is 689 g/mol. The Kier molecular flexibility index (Phi) is 36.8. The van der Waals surface area contributed by atoms with Gasteiger partial charge in [0.1, 0.15) is 6.61 Å². The fraction of sp³-hybridized carbons (Fsp3) is 0.511. The van der Waals surface area contributed by atoms with Crippen molar-refractivity contribution in [1.29, 1.82) is 0 Å². The summed E-state index contributed by atoms with van der Waals surface area (Å²) >= 11 is 0. The summed E-state index contributed by atoms with van der Waals surface area (Å²) in [7, 11) is 0. The number of aliphatic hydroxyl groups excluding tert-OH is 1. The first-order valence-electron chi connectivity index (χ1n) is 19.2. The lowest BCUT2D eigenvalue weighted by Gasteiger charge is -2.15. The van der Waals surface area contributed by atoms with Crippen molar-refractivity contribution in [2.24, 2.45) is 0 Å². The van der Waals surface area contributed by atoms with Crippen LogP contribution in [0.2, 0.25) is 0 Å². The number of hydrogen-bond donors (Lipinski definition) is 1. The number of ether oxygens (including phenoxy) is 2. The zero-order valence-electron chi connectivity index (χ0n) is 31.3. The summed E-state index contributed by atoms with van der Waals surface area (Å²) in [6.45, 7) is 3.77. The molecule has 0 aliphatic rings. The molecule has 0 radical (unpaired) electrons. The fourth-order valence-electron chi connectivity index (χ4n) is 4.55. The normalized spacial score (nSPS) is 13.6. The summed E-state index contributed by atoms with van der Waals surface area (Å²) in [6.07, 6.45) is 58.4. The minimum absolute atomic E-state index is 0.117. The molecule has 5 heteroatoms.